The second-order valence-corrected chi connectivity index (χ2v) is 11.9. The Morgan fingerprint density at radius 3 is 1.83 bits per heavy atom. The van der Waals surface area contributed by atoms with Crippen LogP contribution < -0.4 is 31.2 Å². The van der Waals surface area contributed by atoms with Gasteiger partial charge in [-0.2, -0.15) is 0 Å². The molecule has 3 amide bonds. The van der Waals surface area contributed by atoms with E-state index in [9.17, 15) is 14.4 Å². The molecular weight excluding hydrogens is 594 g/mol. The fourth-order valence-corrected chi connectivity index (χ4v) is 4.83. The molecule has 7 N–H and O–H groups in total. The summed E-state index contributed by atoms with van der Waals surface area (Å²) in [4.78, 5) is 36.3. The first kappa shape index (κ1) is 33.4. The van der Waals surface area contributed by atoms with Gasteiger partial charge in [-0.25, -0.2) is 9.59 Å². The zero-order chi connectivity index (χ0) is 33.3. The molecule has 1 fully saturated rings. The number of ether oxygens (including phenoxy) is 3. The summed E-state index contributed by atoms with van der Waals surface area (Å²) in [6.45, 7) is 5.65. The summed E-state index contributed by atoms with van der Waals surface area (Å²) in [7, 11) is 0. The SMILES string of the molecule is CC(C)(C)OC(=O)NCc1ccc(Oc2cc(Oc3ccc(C(N)=NO)cc3)cc(C(=O)NC3CCC(NC(=O)O)CC3)c2)cc1. The molecule has 0 spiro atoms. The molecule has 1 aliphatic rings. The maximum Gasteiger partial charge on any atom is 0.407 e. The second kappa shape index (κ2) is 15.0. The molecule has 3 aromatic rings. The van der Waals surface area contributed by atoms with E-state index in [4.69, 9.17) is 30.3 Å². The van der Waals surface area contributed by atoms with Gasteiger partial charge in [0.1, 0.15) is 28.6 Å². The number of alkyl carbamates (subject to hydrolysis) is 1. The molecule has 0 radical (unpaired) electrons. The molecule has 0 bridgehead atoms. The molecular formula is C33H39N5O8. The number of carbonyl (C=O) groups is 3. The van der Waals surface area contributed by atoms with Crippen LogP contribution >= 0.6 is 0 Å². The van der Waals surface area contributed by atoms with Gasteiger partial charge < -0.3 is 46.2 Å². The van der Waals surface area contributed by atoms with Gasteiger partial charge in [0.2, 0.25) is 0 Å². The van der Waals surface area contributed by atoms with Gasteiger partial charge in [-0.1, -0.05) is 17.3 Å². The summed E-state index contributed by atoms with van der Waals surface area (Å²) in [5.74, 6) is 1.27. The van der Waals surface area contributed by atoms with E-state index in [1.807, 2.05) is 0 Å². The lowest BCUT2D eigenvalue weighted by Crippen LogP contribution is -2.43. The van der Waals surface area contributed by atoms with Crippen LogP contribution in [-0.4, -0.2) is 51.9 Å². The number of nitrogens with two attached hydrogens (primary N) is 1. The summed E-state index contributed by atoms with van der Waals surface area (Å²) in [5.41, 5.74) is 6.71. The number of nitrogens with zero attached hydrogens (tertiary/aromatic N) is 1. The average Bonchev–Trinajstić information content (AvgIpc) is 3.00. The van der Waals surface area contributed by atoms with Crippen LogP contribution in [0.25, 0.3) is 0 Å². The predicted molar refractivity (Wildman–Crippen MR) is 170 cm³/mol. The number of amides is 3. The number of hydrogen-bond acceptors (Lipinski definition) is 8. The lowest BCUT2D eigenvalue weighted by Gasteiger charge is -2.29. The minimum absolute atomic E-state index is 0.0414. The van der Waals surface area contributed by atoms with Gasteiger partial charge in [0.15, 0.2) is 5.84 Å². The van der Waals surface area contributed by atoms with Crippen molar-refractivity contribution in [3.8, 4) is 23.0 Å². The van der Waals surface area contributed by atoms with E-state index in [-0.39, 0.29) is 30.4 Å². The van der Waals surface area contributed by atoms with Crippen LogP contribution in [0.1, 0.15) is 67.9 Å². The molecule has 1 saturated carbocycles. The summed E-state index contributed by atoms with van der Waals surface area (Å²) in [5, 5.41) is 29.2. The first-order valence-electron chi connectivity index (χ1n) is 14.8. The van der Waals surface area contributed by atoms with Crippen LogP contribution in [0.2, 0.25) is 0 Å². The number of hydrogen-bond donors (Lipinski definition) is 6. The standard InChI is InChI=1S/C33H39N5O8/c1-33(2,3)46-32(42)35-19-20-4-12-25(13-5-20)44-27-16-22(30(39)36-23-8-10-24(11-9-23)37-31(40)41)17-28(18-27)45-26-14-6-21(7-15-26)29(34)38-43/h4-7,12-18,23-24,37,43H,8-11,19H2,1-3H3,(H2,34,38)(H,35,42)(H,36,39)(H,40,41). The molecule has 13 nitrogen and oxygen atoms in total. The van der Waals surface area contributed by atoms with Gasteiger partial charge in [-0.3, -0.25) is 4.79 Å². The Morgan fingerprint density at radius 1 is 0.804 bits per heavy atom. The molecule has 3 aromatic carbocycles. The first-order chi connectivity index (χ1) is 21.9. The van der Waals surface area contributed by atoms with Crippen LogP contribution in [0.3, 0.4) is 0 Å². The Balaban J connectivity index is 1.48. The van der Waals surface area contributed by atoms with Crippen molar-refractivity contribution in [1.82, 2.24) is 16.0 Å². The van der Waals surface area contributed by atoms with Crippen molar-refractivity contribution in [2.45, 2.75) is 70.7 Å². The van der Waals surface area contributed by atoms with Gasteiger partial charge in [-0.15, -0.1) is 0 Å². The topological polar surface area (TPSA) is 194 Å². The van der Waals surface area contributed by atoms with E-state index in [2.05, 4.69) is 21.1 Å². The van der Waals surface area contributed by atoms with E-state index in [0.29, 0.717) is 59.8 Å². The number of rotatable bonds is 10. The largest absolute Gasteiger partial charge is 0.465 e. The quantitative estimate of drug-likeness (QED) is 0.0703. The Kier molecular flexibility index (Phi) is 10.9. The van der Waals surface area contributed by atoms with Crippen LogP contribution in [0.15, 0.2) is 71.9 Å². The highest BCUT2D eigenvalue weighted by Gasteiger charge is 2.24. The van der Waals surface area contributed by atoms with E-state index >= 15 is 0 Å². The zero-order valence-electron chi connectivity index (χ0n) is 25.9. The minimum Gasteiger partial charge on any atom is -0.465 e. The van der Waals surface area contributed by atoms with Gasteiger partial charge in [0.05, 0.1) is 0 Å². The molecule has 1 aliphatic carbocycles. The molecule has 13 heteroatoms. The average molecular weight is 634 g/mol. The van der Waals surface area contributed by atoms with Crippen LogP contribution in [0, 0.1) is 0 Å². The summed E-state index contributed by atoms with van der Waals surface area (Å²) >= 11 is 0. The highest BCUT2D eigenvalue weighted by atomic mass is 16.6. The van der Waals surface area contributed by atoms with Crippen molar-refractivity contribution in [2.24, 2.45) is 10.9 Å². The minimum atomic E-state index is -1.05. The highest BCUT2D eigenvalue weighted by molar-refractivity contribution is 5.97. The third-order valence-corrected chi connectivity index (χ3v) is 7.02. The van der Waals surface area contributed by atoms with Crippen molar-refractivity contribution in [3.63, 3.8) is 0 Å². The van der Waals surface area contributed by atoms with Crippen molar-refractivity contribution >= 4 is 23.9 Å². The third kappa shape index (κ3) is 10.3. The van der Waals surface area contributed by atoms with Gasteiger partial charge >= 0.3 is 12.2 Å². The Hall–Kier alpha value is -5.46. The number of carboxylic acid groups (broad SMARTS) is 1. The Morgan fingerprint density at radius 2 is 1.33 bits per heavy atom. The summed E-state index contributed by atoms with van der Waals surface area (Å²) in [6.07, 6.45) is 0.957. The van der Waals surface area contributed by atoms with Crippen molar-refractivity contribution in [2.75, 3.05) is 0 Å². The molecule has 46 heavy (non-hydrogen) atoms. The monoisotopic (exact) mass is 633 g/mol. The number of nitrogens with one attached hydrogen (secondary N) is 3. The van der Waals surface area contributed by atoms with Crippen LogP contribution in [0.4, 0.5) is 9.59 Å². The van der Waals surface area contributed by atoms with E-state index in [0.717, 1.165) is 5.56 Å². The second-order valence-electron chi connectivity index (χ2n) is 11.9. The number of carbonyl (C=O) groups excluding carboxylic acids is 2. The highest BCUT2D eigenvalue weighted by Crippen LogP contribution is 2.31. The number of amidine groups is 1. The van der Waals surface area contributed by atoms with E-state index in [1.165, 1.54) is 0 Å². The molecule has 0 unspecified atom stereocenters. The third-order valence-electron chi connectivity index (χ3n) is 7.02. The van der Waals surface area contributed by atoms with E-state index < -0.39 is 17.8 Å². The van der Waals surface area contributed by atoms with Gasteiger partial charge in [0.25, 0.3) is 5.91 Å². The lowest BCUT2D eigenvalue weighted by molar-refractivity contribution is 0.0523. The van der Waals surface area contributed by atoms with Crippen molar-refractivity contribution < 1.29 is 38.9 Å². The fraction of sp³-hybridized carbons (Fsp3) is 0.333. The molecule has 0 heterocycles. The van der Waals surface area contributed by atoms with Crippen LogP contribution in [-0.2, 0) is 11.3 Å². The smallest absolute Gasteiger partial charge is 0.407 e. The summed E-state index contributed by atoms with van der Waals surface area (Å²) < 4.78 is 17.4. The molecule has 4 rings (SSSR count). The predicted octanol–water partition coefficient (Wildman–Crippen LogP) is 5.70. The Bertz CT molecular complexity index is 1540. The fourth-order valence-electron chi connectivity index (χ4n) is 4.83. The zero-order valence-corrected chi connectivity index (χ0v) is 25.9. The maximum absolute atomic E-state index is 13.4. The molecule has 0 aromatic heterocycles. The van der Waals surface area contributed by atoms with Crippen LogP contribution in [0.5, 0.6) is 23.0 Å². The van der Waals surface area contributed by atoms with Crippen molar-refractivity contribution in [3.05, 3.63) is 83.4 Å². The number of benzene rings is 3. The van der Waals surface area contributed by atoms with Gasteiger partial charge in [-0.05, 0) is 101 Å². The Labute approximate surface area is 266 Å². The van der Waals surface area contributed by atoms with Crippen molar-refractivity contribution in [1.29, 1.82) is 0 Å². The lowest BCUT2D eigenvalue weighted by atomic mass is 9.91. The molecule has 244 valence electrons. The molecule has 0 saturated heterocycles. The first-order valence-corrected chi connectivity index (χ1v) is 14.8. The molecule has 0 atom stereocenters. The number of oxime groups is 1. The maximum atomic E-state index is 13.4. The normalized spacial score (nSPS) is 16.5. The molecule has 0 aliphatic heterocycles. The summed E-state index contributed by atoms with van der Waals surface area (Å²) in [6, 6.07) is 18.3. The van der Waals surface area contributed by atoms with E-state index in [1.54, 1.807) is 87.5 Å². The van der Waals surface area contributed by atoms with Gasteiger partial charge in [0, 0.05) is 35.8 Å².